The fourth-order valence-corrected chi connectivity index (χ4v) is 4.54. The SMILES string of the molecule is CCN(CC)c1ccc([C@@H]2C(C#N)=C(N)Oc3n[nH]c(-c4ccc(CC(C)C)cc4)c32)cc1. The lowest BCUT2D eigenvalue weighted by Gasteiger charge is -2.25. The lowest BCUT2D eigenvalue weighted by molar-refractivity contribution is 0.379. The molecule has 1 atom stereocenters. The Bertz CT molecular complexity index is 1180. The molecule has 2 aromatic carbocycles. The summed E-state index contributed by atoms with van der Waals surface area (Å²) in [5, 5.41) is 17.5. The van der Waals surface area contributed by atoms with E-state index >= 15 is 0 Å². The van der Waals surface area contributed by atoms with E-state index < -0.39 is 0 Å². The zero-order valence-corrected chi connectivity index (χ0v) is 19.7. The van der Waals surface area contributed by atoms with Gasteiger partial charge in [0, 0.05) is 24.3 Å². The van der Waals surface area contributed by atoms with Crippen LogP contribution < -0.4 is 15.4 Å². The number of hydrogen-bond donors (Lipinski definition) is 2. The van der Waals surface area contributed by atoms with Crippen LogP contribution in [0.15, 0.2) is 60.0 Å². The molecule has 3 N–H and O–H groups in total. The molecule has 3 aromatic rings. The van der Waals surface area contributed by atoms with Crippen molar-refractivity contribution in [2.75, 3.05) is 18.0 Å². The van der Waals surface area contributed by atoms with Gasteiger partial charge in [-0.3, -0.25) is 5.10 Å². The maximum atomic E-state index is 9.95. The minimum absolute atomic E-state index is 0.105. The van der Waals surface area contributed by atoms with E-state index in [2.05, 4.69) is 97.4 Å². The highest BCUT2D eigenvalue weighted by atomic mass is 16.5. The monoisotopic (exact) mass is 441 g/mol. The van der Waals surface area contributed by atoms with E-state index in [1.165, 1.54) is 5.56 Å². The standard InChI is InChI=1S/C27H31N5O/c1-5-32(6-2)21-13-11-19(12-14-21)23-22(16-28)26(29)33-27-24(23)25(30-31-27)20-9-7-18(8-10-20)15-17(3)4/h7-14,17,23H,5-6,15,29H2,1-4H3,(H,30,31)/t23-/m1/s1. The smallest absolute Gasteiger partial charge is 0.244 e. The molecule has 6 heteroatoms. The molecule has 1 aliphatic rings. The molecule has 0 bridgehead atoms. The van der Waals surface area contributed by atoms with Crippen molar-refractivity contribution in [3.05, 3.63) is 76.7 Å². The molecule has 1 aromatic heterocycles. The molecule has 0 saturated carbocycles. The molecule has 33 heavy (non-hydrogen) atoms. The highest BCUT2D eigenvalue weighted by Gasteiger charge is 2.35. The highest BCUT2D eigenvalue weighted by molar-refractivity contribution is 5.71. The number of aromatic amines is 1. The molecule has 2 heterocycles. The predicted octanol–water partition coefficient (Wildman–Crippen LogP) is 5.34. The van der Waals surface area contributed by atoms with Gasteiger partial charge in [-0.1, -0.05) is 50.2 Å². The van der Waals surface area contributed by atoms with E-state index in [1.54, 1.807) is 0 Å². The Morgan fingerprint density at radius 3 is 2.33 bits per heavy atom. The Morgan fingerprint density at radius 2 is 1.76 bits per heavy atom. The van der Waals surface area contributed by atoms with Crippen LogP contribution in [-0.4, -0.2) is 23.3 Å². The lowest BCUT2D eigenvalue weighted by atomic mass is 9.83. The van der Waals surface area contributed by atoms with Crippen LogP contribution >= 0.6 is 0 Å². The van der Waals surface area contributed by atoms with Crippen LogP contribution in [0.1, 0.15) is 50.3 Å². The first kappa shape index (κ1) is 22.5. The molecular weight excluding hydrogens is 410 g/mol. The van der Waals surface area contributed by atoms with Crippen molar-refractivity contribution in [1.82, 2.24) is 10.2 Å². The van der Waals surface area contributed by atoms with Gasteiger partial charge in [-0.2, -0.15) is 5.26 Å². The van der Waals surface area contributed by atoms with Crippen LogP contribution in [0.4, 0.5) is 5.69 Å². The van der Waals surface area contributed by atoms with Crippen LogP contribution in [0.25, 0.3) is 11.3 Å². The number of anilines is 1. The second-order valence-corrected chi connectivity index (χ2v) is 8.80. The third-order valence-electron chi connectivity index (χ3n) is 6.18. The number of nitriles is 1. The zero-order valence-electron chi connectivity index (χ0n) is 19.7. The number of nitrogens with one attached hydrogen (secondary N) is 1. The van der Waals surface area contributed by atoms with Crippen molar-refractivity contribution in [3.8, 4) is 23.2 Å². The van der Waals surface area contributed by atoms with Crippen LogP contribution in [0.5, 0.6) is 5.88 Å². The Kier molecular flexibility index (Phi) is 6.41. The number of rotatable bonds is 7. The van der Waals surface area contributed by atoms with Crippen molar-refractivity contribution in [1.29, 1.82) is 5.26 Å². The van der Waals surface area contributed by atoms with Gasteiger partial charge in [0.05, 0.1) is 17.2 Å². The summed E-state index contributed by atoms with van der Waals surface area (Å²) >= 11 is 0. The zero-order chi connectivity index (χ0) is 23.5. The number of ether oxygens (including phenoxy) is 1. The number of allylic oxidation sites excluding steroid dienone is 1. The Labute approximate surface area is 195 Å². The van der Waals surface area contributed by atoms with E-state index in [4.69, 9.17) is 10.5 Å². The van der Waals surface area contributed by atoms with Crippen LogP contribution in [0.2, 0.25) is 0 Å². The number of hydrogen-bond acceptors (Lipinski definition) is 5. The van der Waals surface area contributed by atoms with E-state index in [1.807, 2.05) is 0 Å². The van der Waals surface area contributed by atoms with Gasteiger partial charge < -0.3 is 15.4 Å². The Morgan fingerprint density at radius 1 is 1.09 bits per heavy atom. The van der Waals surface area contributed by atoms with Crippen molar-refractivity contribution in [2.24, 2.45) is 11.7 Å². The largest absolute Gasteiger partial charge is 0.420 e. The average Bonchev–Trinajstić information content (AvgIpc) is 3.23. The summed E-state index contributed by atoms with van der Waals surface area (Å²) in [6, 6.07) is 19.1. The topological polar surface area (TPSA) is 91.0 Å². The highest BCUT2D eigenvalue weighted by Crippen LogP contribution is 2.45. The number of aromatic nitrogens is 2. The first-order valence-corrected chi connectivity index (χ1v) is 11.6. The van der Waals surface area contributed by atoms with E-state index in [9.17, 15) is 5.26 Å². The molecule has 0 fully saturated rings. The van der Waals surface area contributed by atoms with Gasteiger partial charge in [-0.05, 0) is 49.4 Å². The summed E-state index contributed by atoms with van der Waals surface area (Å²) in [6.45, 7) is 10.6. The second-order valence-electron chi connectivity index (χ2n) is 8.80. The van der Waals surface area contributed by atoms with Gasteiger partial charge in [0.2, 0.25) is 11.8 Å². The quantitative estimate of drug-likeness (QED) is 0.516. The number of fused-ring (bicyclic) bond motifs is 1. The summed E-state index contributed by atoms with van der Waals surface area (Å²) in [6.07, 6.45) is 1.03. The van der Waals surface area contributed by atoms with Crippen molar-refractivity contribution < 1.29 is 4.74 Å². The number of benzene rings is 2. The maximum absolute atomic E-state index is 9.95. The van der Waals surface area contributed by atoms with Gasteiger partial charge in [-0.25, -0.2) is 0 Å². The fraction of sp³-hybridized carbons (Fsp3) is 0.333. The number of nitrogens with zero attached hydrogens (tertiary/aromatic N) is 3. The Balaban J connectivity index is 1.78. The van der Waals surface area contributed by atoms with E-state index in [0.29, 0.717) is 17.4 Å². The summed E-state index contributed by atoms with van der Waals surface area (Å²) in [7, 11) is 0. The van der Waals surface area contributed by atoms with Gasteiger partial charge >= 0.3 is 0 Å². The normalized spacial score (nSPS) is 15.2. The van der Waals surface area contributed by atoms with Crippen molar-refractivity contribution in [2.45, 2.75) is 40.0 Å². The minimum Gasteiger partial charge on any atom is -0.420 e. The molecule has 0 aliphatic carbocycles. The molecular formula is C27H31N5O. The van der Waals surface area contributed by atoms with Crippen LogP contribution in [-0.2, 0) is 6.42 Å². The first-order valence-electron chi connectivity index (χ1n) is 11.6. The van der Waals surface area contributed by atoms with Gasteiger partial charge in [-0.15, -0.1) is 5.10 Å². The number of nitrogens with two attached hydrogens (primary N) is 1. The van der Waals surface area contributed by atoms with Crippen LogP contribution in [0, 0.1) is 17.2 Å². The molecule has 1 aliphatic heterocycles. The third-order valence-corrected chi connectivity index (χ3v) is 6.18. The van der Waals surface area contributed by atoms with Crippen molar-refractivity contribution >= 4 is 5.69 Å². The van der Waals surface area contributed by atoms with E-state index in [0.717, 1.165) is 47.6 Å². The summed E-state index contributed by atoms with van der Waals surface area (Å²) < 4.78 is 5.75. The lowest BCUT2D eigenvalue weighted by Crippen LogP contribution is -2.22. The molecule has 0 unspecified atom stereocenters. The molecule has 6 nitrogen and oxygen atoms in total. The van der Waals surface area contributed by atoms with Crippen molar-refractivity contribution in [3.63, 3.8) is 0 Å². The second kappa shape index (κ2) is 9.41. The maximum Gasteiger partial charge on any atom is 0.244 e. The first-order chi connectivity index (χ1) is 16.0. The van der Waals surface area contributed by atoms with Gasteiger partial charge in [0.15, 0.2) is 0 Å². The molecule has 0 amide bonds. The van der Waals surface area contributed by atoms with Gasteiger partial charge in [0.25, 0.3) is 0 Å². The van der Waals surface area contributed by atoms with Crippen LogP contribution in [0.3, 0.4) is 0 Å². The summed E-state index contributed by atoms with van der Waals surface area (Å²) in [5.41, 5.74) is 12.7. The van der Waals surface area contributed by atoms with Gasteiger partial charge in [0.1, 0.15) is 11.6 Å². The number of H-pyrrole nitrogens is 1. The molecule has 0 saturated heterocycles. The average molecular weight is 442 g/mol. The summed E-state index contributed by atoms with van der Waals surface area (Å²) in [5.74, 6) is 0.770. The molecule has 4 rings (SSSR count). The van der Waals surface area contributed by atoms with E-state index in [-0.39, 0.29) is 11.8 Å². The molecule has 0 radical (unpaired) electrons. The molecule has 0 spiro atoms. The minimum atomic E-state index is -0.353. The predicted molar refractivity (Wildman–Crippen MR) is 132 cm³/mol. The molecule has 170 valence electrons. The summed E-state index contributed by atoms with van der Waals surface area (Å²) in [4.78, 5) is 2.29. The third kappa shape index (κ3) is 4.31. The Hall–Kier alpha value is -3.72. The fourth-order valence-electron chi connectivity index (χ4n) is 4.54.